The van der Waals surface area contributed by atoms with Crippen LogP contribution in [0.4, 0.5) is 0 Å². The number of hydrogen-bond acceptors (Lipinski definition) is 3. The average Bonchev–Trinajstić information content (AvgIpc) is 3.10. The average molecular weight is 298 g/mol. The summed E-state index contributed by atoms with van der Waals surface area (Å²) in [6, 6.07) is 8.25. The van der Waals surface area contributed by atoms with Gasteiger partial charge in [-0.05, 0) is 24.0 Å². The molecule has 0 fully saturated rings. The van der Waals surface area contributed by atoms with Crippen molar-refractivity contribution >= 4 is 10.9 Å². The standard InChI is InChI=1S/C17H22N4O/c1-12(2)7-8-21-17(16(11-22)19-20-21)9-13-10-18-15-6-4-3-5-14(13)15/h3-6,10,12,18,22H,7-9,11H2,1-2H3. The molecule has 0 saturated carbocycles. The fourth-order valence-corrected chi connectivity index (χ4v) is 2.70. The van der Waals surface area contributed by atoms with E-state index in [0.717, 1.165) is 30.6 Å². The van der Waals surface area contributed by atoms with Gasteiger partial charge in [-0.3, -0.25) is 0 Å². The third-order valence-corrected chi connectivity index (χ3v) is 4.02. The summed E-state index contributed by atoms with van der Waals surface area (Å²) in [5, 5.41) is 19.1. The number of nitrogens with zero attached hydrogens (tertiary/aromatic N) is 3. The summed E-state index contributed by atoms with van der Waals surface area (Å²) in [7, 11) is 0. The van der Waals surface area contributed by atoms with Crippen LogP contribution in [-0.4, -0.2) is 25.1 Å². The van der Waals surface area contributed by atoms with Gasteiger partial charge in [0.15, 0.2) is 0 Å². The molecule has 2 aromatic heterocycles. The SMILES string of the molecule is CC(C)CCn1nnc(CO)c1Cc1c[nH]c2ccccc12. The summed E-state index contributed by atoms with van der Waals surface area (Å²) in [4.78, 5) is 3.30. The molecule has 0 unspecified atom stereocenters. The van der Waals surface area contributed by atoms with Crippen LogP contribution < -0.4 is 0 Å². The first-order chi connectivity index (χ1) is 10.7. The Morgan fingerprint density at radius 3 is 2.86 bits per heavy atom. The molecule has 0 aliphatic heterocycles. The van der Waals surface area contributed by atoms with Gasteiger partial charge in [0.25, 0.3) is 0 Å². The van der Waals surface area contributed by atoms with Gasteiger partial charge in [-0.2, -0.15) is 0 Å². The third kappa shape index (κ3) is 2.90. The number of H-pyrrole nitrogens is 1. The van der Waals surface area contributed by atoms with Crippen LogP contribution in [0.5, 0.6) is 0 Å². The maximum absolute atomic E-state index is 9.53. The van der Waals surface area contributed by atoms with E-state index in [4.69, 9.17) is 0 Å². The second-order valence-electron chi connectivity index (χ2n) is 6.08. The topological polar surface area (TPSA) is 66.7 Å². The normalized spacial score (nSPS) is 11.6. The first kappa shape index (κ1) is 14.8. The molecule has 116 valence electrons. The number of aromatic nitrogens is 4. The molecule has 0 saturated heterocycles. The fraction of sp³-hybridized carbons (Fsp3) is 0.412. The van der Waals surface area contributed by atoms with E-state index in [0.29, 0.717) is 11.6 Å². The second kappa shape index (κ2) is 6.32. The van der Waals surface area contributed by atoms with Crippen molar-refractivity contribution in [2.75, 3.05) is 0 Å². The fourth-order valence-electron chi connectivity index (χ4n) is 2.70. The first-order valence-electron chi connectivity index (χ1n) is 7.76. The number of nitrogens with one attached hydrogen (secondary N) is 1. The minimum absolute atomic E-state index is 0.0701. The van der Waals surface area contributed by atoms with E-state index in [1.165, 1.54) is 10.9 Å². The number of para-hydroxylation sites is 1. The Morgan fingerprint density at radius 1 is 1.27 bits per heavy atom. The predicted molar refractivity (Wildman–Crippen MR) is 86.5 cm³/mol. The molecule has 0 aliphatic rings. The van der Waals surface area contributed by atoms with Gasteiger partial charge in [0, 0.05) is 30.1 Å². The molecule has 3 rings (SSSR count). The molecule has 22 heavy (non-hydrogen) atoms. The highest BCUT2D eigenvalue weighted by Crippen LogP contribution is 2.22. The van der Waals surface area contributed by atoms with Crippen LogP contribution in [0.15, 0.2) is 30.5 Å². The molecule has 5 heteroatoms. The van der Waals surface area contributed by atoms with E-state index >= 15 is 0 Å². The molecule has 0 spiro atoms. The highest BCUT2D eigenvalue weighted by molar-refractivity contribution is 5.83. The lowest BCUT2D eigenvalue weighted by Crippen LogP contribution is -2.09. The van der Waals surface area contributed by atoms with Gasteiger partial charge in [0.2, 0.25) is 0 Å². The van der Waals surface area contributed by atoms with Crippen LogP contribution in [-0.2, 0) is 19.6 Å². The van der Waals surface area contributed by atoms with Gasteiger partial charge in [-0.25, -0.2) is 4.68 Å². The van der Waals surface area contributed by atoms with Crippen molar-refractivity contribution in [3.63, 3.8) is 0 Å². The molecule has 0 bridgehead atoms. The van der Waals surface area contributed by atoms with Crippen LogP contribution in [0, 0.1) is 5.92 Å². The lowest BCUT2D eigenvalue weighted by molar-refractivity contribution is 0.275. The van der Waals surface area contributed by atoms with Crippen molar-refractivity contribution in [2.24, 2.45) is 5.92 Å². The zero-order valence-electron chi connectivity index (χ0n) is 13.1. The molecular formula is C17H22N4O. The number of benzene rings is 1. The minimum Gasteiger partial charge on any atom is -0.390 e. The van der Waals surface area contributed by atoms with Crippen molar-refractivity contribution in [1.29, 1.82) is 0 Å². The molecule has 0 radical (unpaired) electrons. The molecular weight excluding hydrogens is 276 g/mol. The summed E-state index contributed by atoms with van der Waals surface area (Å²) >= 11 is 0. The molecule has 1 aromatic carbocycles. The number of aromatic amines is 1. The number of aliphatic hydroxyl groups excluding tert-OH is 1. The molecule has 5 nitrogen and oxygen atoms in total. The zero-order valence-corrected chi connectivity index (χ0v) is 13.1. The third-order valence-electron chi connectivity index (χ3n) is 4.02. The Morgan fingerprint density at radius 2 is 2.09 bits per heavy atom. The van der Waals surface area contributed by atoms with Gasteiger partial charge in [0.1, 0.15) is 5.69 Å². The number of aliphatic hydroxyl groups is 1. The van der Waals surface area contributed by atoms with Gasteiger partial charge in [-0.15, -0.1) is 5.10 Å². The smallest absolute Gasteiger partial charge is 0.112 e. The van der Waals surface area contributed by atoms with Gasteiger partial charge in [-0.1, -0.05) is 37.3 Å². The maximum atomic E-state index is 9.53. The van der Waals surface area contributed by atoms with Crippen LogP contribution >= 0.6 is 0 Å². The predicted octanol–water partition coefficient (Wildman–Crippen LogP) is 2.89. The molecule has 2 heterocycles. The Balaban J connectivity index is 1.91. The second-order valence-corrected chi connectivity index (χ2v) is 6.08. The van der Waals surface area contributed by atoms with E-state index in [1.807, 2.05) is 23.0 Å². The van der Waals surface area contributed by atoms with Gasteiger partial charge >= 0.3 is 0 Å². The number of fused-ring (bicyclic) bond motifs is 1. The van der Waals surface area contributed by atoms with E-state index in [-0.39, 0.29) is 6.61 Å². The first-order valence-corrected chi connectivity index (χ1v) is 7.76. The van der Waals surface area contributed by atoms with Crippen molar-refractivity contribution in [3.8, 4) is 0 Å². The molecule has 0 amide bonds. The number of aryl methyl sites for hydroxylation is 1. The Hall–Kier alpha value is -2.14. The van der Waals surface area contributed by atoms with Crippen LogP contribution in [0.25, 0.3) is 10.9 Å². The largest absolute Gasteiger partial charge is 0.390 e. The van der Waals surface area contributed by atoms with E-state index in [1.54, 1.807) is 0 Å². The van der Waals surface area contributed by atoms with Crippen molar-refractivity contribution in [1.82, 2.24) is 20.0 Å². The summed E-state index contributed by atoms with van der Waals surface area (Å²) < 4.78 is 1.94. The summed E-state index contributed by atoms with van der Waals surface area (Å²) in [5.41, 5.74) is 4.02. The quantitative estimate of drug-likeness (QED) is 0.735. The zero-order chi connectivity index (χ0) is 15.5. The minimum atomic E-state index is -0.0701. The monoisotopic (exact) mass is 298 g/mol. The Labute approximate surface area is 130 Å². The lowest BCUT2D eigenvalue weighted by atomic mass is 10.1. The Kier molecular flexibility index (Phi) is 4.24. The molecule has 0 atom stereocenters. The van der Waals surface area contributed by atoms with Crippen molar-refractivity contribution in [2.45, 2.75) is 39.8 Å². The highest BCUT2D eigenvalue weighted by Gasteiger charge is 2.15. The molecule has 3 aromatic rings. The van der Waals surface area contributed by atoms with Gasteiger partial charge in [0.05, 0.1) is 12.3 Å². The summed E-state index contributed by atoms with van der Waals surface area (Å²) in [6.07, 6.45) is 3.81. The van der Waals surface area contributed by atoms with E-state index in [2.05, 4.69) is 41.3 Å². The Bertz CT molecular complexity index is 757. The number of hydrogen-bond donors (Lipinski definition) is 2. The van der Waals surface area contributed by atoms with Gasteiger partial charge < -0.3 is 10.1 Å². The van der Waals surface area contributed by atoms with Crippen molar-refractivity contribution < 1.29 is 5.11 Å². The van der Waals surface area contributed by atoms with Crippen LogP contribution in [0.2, 0.25) is 0 Å². The summed E-state index contributed by atoms with van der Waals surface area (Å²) in [6.45, 7) is 5.16. The van der Waals surface area contributed by atoms with Crippen molar-refractivity contribution in [3.05, 3.63) is 47.4 Å². The number of rotatable bonds is 6. The van der Waals surface area contributed by atoms with E-state index < -0.39 is 0 Å². The maximum Gasteiger partial charge on any atom is 0.112 e. The lowest BCUT2D eigenvalue weighted by Gasteiger charge is -2.09. The van der Waals surface area contributed by atoms with Crippen LogP contribution in [0.1, 0.15) is 37.2 Å². The van der Waals surface area contributed by atoms with Crippen LogP contribution in [0.3, 0.4) is 0 Å². The van der Waals surface area contributed by atoms with E-state index in [9.17, 15) is 5.11 Å². The highest BCUT2D eigenvalue weighted by atomic mass is 16.3. The summed E-state index contributed by atoms with van der Waals surface area (Å²) in [5.74, 6) is 0.614. The molecule has 0 aliphatic carbocycles. The molecule has 2 N–H and O–H groups in total.